The van der Waals surface area contributed by atoms with Gasteiger partial charge in [0.2, 0.25) is 0 Å². The number of aromatic nitrogens is 2. The molecule has 0 saturated heterocycles. The van der Waals surface area contributed by atoms with Gasteiger partial charge in [-0.1, -0.05) is 12.1 Å². The van der Waals surface area contributed by atoms with Crippen molar-refractivity contribution in [2.75, 3.05) is 6.61 Å². The first-order valence-corrected chi connectivity index (χ1v) is 7.93. The van der Waals surface area contributed by atoms with Crippen LogP contribution >= 0.6 is 0 Å². The van der Waals surface area contributed by atoms with Crippen molar-refractivity contribution >= 4 is 5.91 Å². The van der Waals surface area contributed by atoms with Crippen LogP contribution in [0.5, 0.6) is 5.75 Å². The van der Waals surface area contributed by atoms with Crippen LogP contribution in [-0.4, -0.2) is 22.1 Å². The highest BCUT2D eigenvalue weighted by atomic mass is 19.1. The van der Waals surface area contributed by atoms with Gasteiger partial charge in [0.15, 0.2) is 6.61 Å². The van der Waals surface area contributed by atoms with Gasteiger partial charge in [0.25, 0.3) is 5.91 Å². The number of benzene rings is 2. The van der Waals surface area contributed by atoms with E-state index in [1.165, 1.54) is 36.4 Å². The molecule has 1 atom stereocenters. The Bertz CT molecular complexity index is 894. The Hall–Kier alpha value is -3.22. The highest BCUT2D eigenvalue weighted by molar-refractivity contribution is 5.78. The van der Waals surface area contributed by atoms with Gasteiger partial charge in [-0.15, -0.1) is 0 Å². The van der Waals surface area contributed by atoms with E-state index in [1.807, 2.05) is 0 Å². The van der Waals surface area contributed by atoms with Crippen LogP contribution in [0.4, 0.5) is 8.78 Å². The monoisotopic (exact) mass is 357 g/mol. The Labute approximate surface area is 149 Å². The molecular formula is C19H17F2N3O2. The van der Waals surface area contributed by atoms with Gasteiger partial charge in [0.05, 0.1) is 0 Å². The lowest BCUT2D eigenvalue weighted by Crippen LogP contribution is -2.34. The van der Waals surface area contributed by atoms with Crippen LogP contribution in [0.2, 0.25) is 0 Å². The molecule has 0 spiro atoms. The number of rotatable bonds is 6. The highest BCUT2D eigenvalue weighted by Crippen LogP contribution is 2.21. The first-order valence-electron chi connectivity index (χ1n) is 7.93. The molecule has 1 heterocycles. The first kappa shape index (κ1) is 17.6. The first-order chi connectivity index (χ1) is 12.5. The van der Waals surface area contributed by atoms with Gasteiger partial charge >= 0.3 is 0 Å². The molecule has 5 nitrogen and oxygen atoms in total. The van der Waals surface area contributed by atoms with Gasteiger partial charge < -0.3 is 14.6 Å². The summed E-state index contributed by atoms with van der Waals surface area (Å²) in [4.78, 5) is 16.6. The Morgan fingerprint density at radius 2 is 1.96 bits per heavy atom. The molecule has 0 aliphatic rings. The maximum atomic E-state index is 13.6. The van der Waals surface area contributed by atoms with E-state index in [0.29, 0.717) is 17.1 Å². The Morgan fingerprint density at radius 1 is 1.19 bits per heavy atom. The normalized spacial score (nSPS) is 11.8. The summed E-state index contributed by atoms with van der Waals surface area (Å²) < 4.78 is 33.6. The van der Waals surface area contributed by atoms with Gasteiger partial charge in [0, 0.05) is 19.4 Å². The van der Waals surface area contributed by atoms with Crippen LogP contribution in [0, 0.1) is 11.6 Å². The number of carbonyl (C=O) groups excluding carboxylic acids is 1. The number of nitrogens with one attached hydrogen (secondary N) is 1. The van der Waals surface area contributed by atoms with Gasteiger partial charge in [-0.05, 0) is 42.0 Å². The second-order valence-corrected chi connectivity index (χ2v) is 5.69. The van der Waals surface area contributed by atoms with E-state index in [2.05, 4.69) is 10.3 Å². The molecule has 0 bridgehead atoms. The number of imidazole rings is 1. The third-order valence-corrected chi connectivity index (χ3v) is 3.79. The summed E-state index contributed by atoms with van der Waals surface area (Å²) in [5, 5.41) is 2.80. The topological polar surface area (TPSA) is 56.2 Å². The number of halogens is 2. The summed E-state index contributed by atoms with van der Waals surface area (Å²) in [5.74, 6) is -0.264. The average molecular weight is 357 g/mol. The van der Waals surface area contributed by atoms with Gasteiger partial charge in [-0.25, -0.2) is 13.8 Å². The third-order valence-electron chi connectivity index (χ3n) is 3.79. The van der Waals surface area contributed by atoms with Crippen LogP contribution in [0.3, 0.4) is 0 Å². The Kier molecular flexibility index (Phi) is 5.26. The molecule has 2 aromatic carbocycles. The molecule has 3 rings (SSSR count). The van der Waals surface area contributed by atoms with Crippen molar-refractivity contribution in [2.45, 2.75) is 6.04 Å². The molecule has 0 unspecified atom stereocenters. The summed E-state index contributed by atoms with van der Waals surface area (Å²) in [6.07, 6.45) is 3.34. The predicted octanol–water partition coefficient (Wildman–Crippen LogP) is 2.98. The molecule has 1 N–H and O–H groups in total. The number of amides is 1. The zero-order valence-electron chi connectivity index (χ0n) is 14.0. The molecule has 7 heteroatoms. The molecule has 26 heavy (non-hydrogen) atoms. The van der Waals surface area contributed by atoms with E-state index in [-0.39, 0.29) is 12.4 Å². The number of hydrogen-bond acceptors (Lipinski definition) is 3. The second kappa shape index (κ2) is 7.77. The van der Waals surface area contributed by atoms with Crippen LogP contribution in [0.25, 0.3) is 0 Å². The third kappa shape index (κ3) is 4.24. The molecular weight excluding hydrogens is 340 g/mol. The molecule has 0 radical (unpaired) electrons. The SMILES string of the molecule is Cn1ccnc1[C@H](NC(=O)COc1ccc(F)cc1)c1cccc(F)c1. The maximum absolute atomic E-state index is 13.6. The quantitative estimate of drug-likeness (QED) is 0.738. The van der Waals surface area contributed by atoms with Crippen molar-refractivity contribution in [2.24, 2.45) is 7.05 Å². The molecule has 1 aromatic heterocycles. The zero-order chi connectivity index (χ0) is 18.5. The molecule has 1 amide bonds. The van der Waals surface area contributed by atoms with Crippen LogP contribution < -0.4 is 10.1 Å². The van der Waals surface area contributed by atoms with Crippen molar-refractivity contribution in [3.63, 3.8) is 0 Å². The van der Waals surface area contributed by atoms with Crippen molar-refractivity contribution < 1.29 is 18.3 Å². The molecule has 134 valence electrons. The largest absolute Gasteiger partial charge is 0.484 e. The number of ether oxygens (including phenoxy) is 1. The fourth-order valence-electron chi connectivity index (χ4n) is 2.52. The molecule has 0 fully saturated rings. The van der Waals surface area contributed by atoms with E-state index in [0.717, 1.165) is 0 Å². The van der Waals surface area contributed by atoms with Crippen molar-refractivity contribution in [3.05, 3.63) is 83.9 Å². The lowest BCUT2D eigenvalue weighted by atomic mass is 10.1. The summed E-state index contributed by atoms with van der Waals surface area (Å²) in [6, 6.07) is 10.7. The average Bonchev–Trinajstić information content (AvgIpc) is 3.05. The molecule has 0 aliphatic heterocycles. The van der Waals surface area contributed by atoms with E-state index < -0.39 is 17.8 Å². The van der Waals surface area contributed by atoms with E-state index in [9.17, 15) is 13.6 Å². The Morgan fingerprint density at radius 3 is 2.62 bits per heavy atom. The maximum Gasteiger partial charge on any atom is 0.258 e. The smallest absolute Gasteiger partial charge is 0.258 e. The minimum Gasteiger partial charge on any atom is -0.484 e. The van der Waals surface area contributed by atoms with E-state index >= 15 is 0 Å². The standard InChI is InChI=1S/C19H17F2N3O2/c1-24-10-9-22-19(24)18(13-3-2-4-15(21)11-13)23-17(25)12-26-16-7-5-14(20)6-8-16/h2-11,18H,12H2,1H3,(H,23,25)/t18-/m1/s1. The highest BCUT2D eigenvalue weighted by Gasteiger charge is 2.21. The van der Waals surface area contributed by atoms with Crippen LogP contribution in [0.1, 0.15) is 17.4 Å². The number of aryl methyl sites for hydroxylation is 1. The van der Waals surface area contributed by atoms with Crippen molar-refractivity contribution in [1.82, 2.24) is 14.9 Å². The lowest BCUT2D eigenvalue weighted by molar-refractivity contribution is -0.123. The lowest BCUT2D eigenvalue weighted by Gasteiger charge is -2.19. The Balaban J connectivity index is 1.74. The molecule has 0 saturated carbocycles. The molecule has 0 aliphatic carbocycles. The van der Waals surface area contributed by atoms with Crippen LogP contribution in [-0.2, 0) is 11.8 Å². The van der Waals surface area contributed by atoms with Crippen LogP contribution in [0.15, 0.2) is 60.9 Å². The van der Waals surface area contributed by atoms with Crippen molar-refractivity contribution in [1.29, 1.82) is 0 Å². The second-order valence-electron chi connectivity index (χ2n) is 5.69. The fourth-order valence-corrected chi connectivity index (χ4v) is 2.52. The van der Waals surface area contributed by atoms with Crippen molar-refractivity contribution in [3.8, 4) is 5.75 Å². The summed E-state index contributed by atoms with van der Waals surface area (Å²) >= 11 is 0. The van der Waals surface area contributed by atoms with Gasteiger partial charge in [-0.2, -0.15) is 0 Å². The van der Waals surface area contributed by atoms with Gasteiger partial charge in [0.1, 0.15) is 29.3 Å². The summed E-state index contributed by atoms with van der Waals surface area (Å²) in [6.45, 7) is -0.262. The minimum absolute atomic E-state index is 0.262. The van der Waals surface area contributed by atoms with E-state index in [1.54, 1.807) is 36.1 Å². The summed E-state index contributed by atoms with van der Waals surface area (Å²) in [7, 11) is 1.79. The predicted molar refractivity (Wildman–Crippen MR) is 91.5 cm³/mol. The minimum atomic E-state index is -0.630. The molecule has 3 aromatic rings. The van der Waals surface area contributed by atoms with E-state index in [4.69, 9.17) is 4.74 Å². The number of hydrogen-bond donors (Lipinski definition) is 1. The summed E-state index contributed by atoms with van der Waals surface area (Å²) in [5.41, 5.74) is 0.564. The fraction of sp³-hybridized carbons (Fsp3) is 0.158. The zero-order valence-corrected chi connectivity index (χ0v) is 14.0. The number of nitrogens with zero attached hydrogens (tertiary/aromatic N) is 2. The number of carbonyl (C=O) groups is 1. The van der Waals surface area contributed by atoms with Gasteiger partial charge in [-0.3, -0.25) is 4.79 Å².